The highest BCUT2D eigenvalue weighted by atomic mass is 32.1. The van der Waals surface area contributed by atoms with E-state index in [0.29, 0.717) is 5.92 Å². The topological polar surface area (TPSA) is 24.1 Å². The Kier molecular flexibility index (Phi) is 5.33. The van der Waals surface area contributed by atoms with Crippen LogP contribution in [0, 0.1) is 5.92 Å². The highest BCUT2D eigenvalue weighted by molar-refractivity contribution is 7.80. The van der Waals surface area contributed by atoms with Crippen LogP contribution in [-0.4, -0.2) is 23.1 Å². The molecule has 0 heterocycles. The summed E-state index contributed by atoms with van der Waals surface area (Å²) < 4.78 is 0. The first-order valence-corrected chi connectivity index (χ1v) is 4.79. The quantitative estimate of drug-likeness (QED) is 0.680. The predicted octanol–water partition coefficient (Wildman–Crippen LogP) is 1.49. The summed E-state index contributed by atoms with van der Waals surface area (Å²) in [5.74, 6) is 0.447. The molecule has 0 bridgehead atoms. The normalized spacial score (nSPS) is 12.4. The monoisotopic (exact) mass is 204 g/mol. The Balaban J connectivity index is 4.23. The summed E-state index contributed by atoms with van der Waals surface area (Å²) in [5, 5.41) is 6.12. The fraction of sp³-hybridized carbons (Fsp3) is 0.750. The second-order valence-corrected chi connectivity index (χ2v) is 4.09. The van der Waals surface area contributed by atoms with Crippen molar-refractivity contribution in [2.75, 3.05) is 7.05 Å². The second-order valence-electron chi connectivity index (χ2n) is 3.04. The van der Waals surface area contributed by atoms with Gasteiger partial charge in [-0.15, -0.1) is 0 Å². The molecule has 1 atom stereocenters. The van der Waals surface area contributed by atoms with Crippen molar-refractivity contribution in [3.8, 4) is 0 Å². The second kappa shape index (κ2) is 5.43. The van der Waals surface area contributed by atoms with Crippen molar-refractivity contribution in [2.45, 2.75) is 26.8 Å². The molecule has 0 aromatic carbocycles. The zero-order chi connectivity index (χ0) is 9.72. The smallest absolute Gasteiger partial charge is 0.0979 e. The molecular weight excluding hydrogens is 188 g/mol. The molecule has 0 rings (SSSR count). The number of nitrogens with one attached hydrogen (secondary N) is 2. The maximum atomic E-state index is 5.14. The number of hydrogen-bond donors (Lipinski definition) is 2. The maximum absolute atomic E-state index is 5.14. The first kappa shape index (κ1) is 11.8. The molecule has 0 spiro atoms. The van der Waals surface area contributed by atoms with Gasteiger partial charge in [-0.25, -0.2) is 0 Å². The van der Waals surface area contributed by atoms with Crippen LogP contribution < -0.4 is 10.6 Å². The van der Waals surface area contributed by atoms with E-state index in [4.69, 9.17) is 24.4 Å². The minimum atomic E-state index is 0.155. The fourth-order valence-electron chi connectivity index (χ4n) is 0.909. The minimum Gasteiger partial charge on any atom is -0.381 e. The molecule has 0 radical (unpaired) electrons. The van der Waals surface area contributed by atoms with Gasteiger partial charge in [-0.05, 0) is 12.8 Å². The van der Waals surface area contributed by atoms with E-state index in [1.165, 1.54) is 0 Å². The van der Waals surface area contributed by atoms with E-state index in [0.717, 1.165) is 9.98 Å². The summed E-state index contributed by atoms with van der Waals surface area (Å²) in [7, 11) is 1.83. The van der Waals surface area contributed by atoms with Crippen LogP contribution in [0.4, 0.5) is 0 Å². The molecule has 0 aliphatic rings. The van der Waals surface area contributed by atoms with Crippen molar-refractivity contribution < 1.29 is 0 Å². The largest absolute Gasteiger partial charge is 0.381 e. The Labute approximate surface area is 85.1 Å². The Morgan fingerprint density at radius 2 is 1.75 bits per heavy atom. The number of thiocarbonyl (C=S) groups is 2. The average molecular weight is 204 g/mol. The zero-order valence-corrected chi connectivity index (χ0v) is 9.60. The van der Waals surface area contributed by atoms with Gasteiger partial charge in [0.25, 0.3) is 0 Å². The summed E-state index contributed by atoms with van der Waals surface area (Å²) in [5.41, 5.74) is 0. The summed E-state index contributed by atoms with van der Waals surface area (Å²) in [4.78, 5) is 1.60. The Bertz CT molecular complexity index is 178. The molecule has 0 aromatic rings. The summed E-state index contributed by atoms with van der Waals surface area (Å²) >= 11 is 10.1. The van der Waals surface area contributed by atoms with E-state index in [1.807, 2.05) is 14.0 Å². The van der Waals surface area contributed by atoms with Gasteiger partial charge >= 0.3 is 0 Å². The molecule has 12 heavy (non-hydrogen) atoms. The van der Waals surface area contributed by atoms with Crippen molar-refractivity contribution in [1.29, 1.82) is 0 Å². The summed E-state index contributed by atoms with van der Waals surface area (Å²) in [6, 6.07) is 0.155. The Hall–Kier alpha value is -0.220. The van der Waals surface area contributed by atoms with Crippen LogP contribution in [0.15, 0.2) is 0 Å². The van der Waals surface area contributed by atoms with Gasteiger partial charge in [-0.1, -0.05) is 38.3 Å². The molecule has 2 N–H and O–H groups in total. The Morgan fingerprint density at radius 3 is 2.00 bits per heavy atom. The molecule has 0 aliphatic heterocycles. The third kappa shape index (κ3) is 3.97. The van der Waals surface area contributed by atoms with Crippen LogP contribution in [-0.2, 0) is 0 Å². The lowest BCUT2D eigenvalue weighted by Gasteiger charge is -2.23. The van der Waals surface area contributed by atoms with E-state index in [2.05, 4.69) is 24.5 Å². The molecule has 4 heteroatoms. The van der Waals surface area contributed by atoms with E-state index < -0.39 is 0 Å². The first-order chi connectivity index (χ1) is 5.49. The van der Waals surface area contributed by atoms with Crippen LogP contribution >= 0.6 is 24.4 Å². The van der Waals surface area contributed by atoms with Crippen LogP contribution in [0.1, 0.15) is 20.8 Å². The SMILES string of the molecule is CNC(=S)C(NC(C)=S)C(C)C. The molecule has 0 saturated heterocycles. The van der Waals surface area contributed by atoms with E-state index in [9.17, 15) is 0 Å². The van der Waals surface area contributed by atoms with Gasteiger partial charge in [-0.3, -0.25) is 0 Å². The average Bonchev–Trinajstić information content (AvgIpc) is 1.98. The highest BCUT2D eigenvalue weighted by Crippen LogP contribution is 2.02. The lowest BCUT2D eigenvalue weighted by Crippen LogP contribution is -2.46. The lowest BCUT2D eigenvalue weighted by molar-refractivity contribution is 0.551. The lowest BCUT2D eigenvalue weighted by atomic mass is 10.0. The molecule has 0 fully saturated rings. The molecule has 0 aromatic heterocycles. The van der Waals surface area contributed by atoms with Crippen molar-refractivity contribution >= 4 is 34.4 Å². The van der Waals surface area contributed by atoms with Gasteiger partial charge in [0.05, 0.1) is 16.0 Å². The van der Waals surface area contributed by atoms with Crippen LogP contribution in [0.3, 0.4) is 0 Å². The van der Waals surface area contributed by atoms with Crippen molar-refractivity contribution in [3.63, 3.8) is 0 Å². The molecule has 0 aliphatic carbocycles. The third-order valence-electron chi connectivity index (χ3n) is 1.55. The standard InChI is InChI=1S/C8H16N2S2/c1-5(2)7(8(12)9-4)10-6(3)11/h5,7H,1-4H3,(H,9,12)(H,10,11). The van der Waals surface area contributed by atoms with Crippen molar-refractivity contribution in [3.05, 3.63) is 0 Å². The van der Waals surface area contributed by atoms with Crippen molar-refractivity contribution in [1.82, 2.24) is 10.6 Å². The maximum Gasteiger partial charge on any atom is 0.0979 e. The van der Waals surface area contributed by atoms with E-state index >= 15 is 0 Å². The minimum absolute atomic E-state index is 0.155. The first-order valence-electron chi connectivity index (χ1n) is 3.97. The molecule has 2 nitrogen and oxygen atoms in total. The highest BCUT2D eigenvalue weighted by Gasteiger charge is 2.16. The van der Waals surface area contributed by atoms with Gasteiger partial charge in [-0.2, -0.15) is 0 Å². The van der Waals surface area contributed by atoms with Crippen LogP contribution in [0.5, 0.6) is 0 Å². The van der Waals surface area contributed by atoms with Gasteiger partial charge in [0.2, 0.25) is 0 Å². The summed E-state index contributed by atoms with van der Waals surface area (Å²) in [6.45, 7) is 6.09. The fourth-order valence-corrected chi connectivity index (χ4v) is 1.37. The molecule has 0 amide bonds. The third-order valence-corrected chi connectivity index (χ3v) is 2.13. The number of hydrogen-bond acceptors (Lipinski definition) is 2. The molecular formula is C8H16N2S2. The van der Waals surface area contributed by atoms with Crippen molar-refractivity contribution in [2.24, 2.45) is 5.92 Å². The van der Waals surface area contributed by atoms with E-state index in [1.54, 1.807) is 0 Å². The summed E-state index contributed by atoms with van der Waals surface area (Å²) in [6.07, 6.45) is 0. The Morgan fingerprint density at radius 1 is 1.25 bits per heavy atom. The molecule has 1 unspecified atom stereocenters. The number of likely N-dealkylation sites (N-methyl/N-ethyl adjacent to an activating group) is 1. The van der Waals surface area contributed by atoms with Crippen LogP contribution in [0.2, 0.25) is 0 Å². The number of rotatable bonds is 3. The zero-order valence-electron chi connectivity index (χ0n) is 7.97. The van der Waals surface area contributed by atoms with Crippen LogP contribution in [0.25, 0.3) is 0 Å². The van der Waals surface area contributed by atoms with Gasteiger partial charge in [0.1, 0.15) is 0 Å². The molecule has 70 valence electrons. The van der Waals surface area contributed by atoms with Gasteiger partial charge < -0.3 is 10.6 Å². The predicted molar refractivity (Wildman–Crippen MR) is 61.7 cm³/mol. The van der Waals surface area contributed by atoms with Gasteiger partial charge in [0.15, 0.2) is 0 Å². The van der Waals surface area contributed by atoms with Gasteiger partial charge in [0, 0.05) is 7.05 Å². The van der Waals surface area contributed by atoms with E-state index in [-0.39, 0.29) is 6.04 Å². The molecule has 0 saturated carbocycles.